The van der Waals surface area contributed by atoms with Crippen LogP contribution in [0.5, 0.6) is 0 Å². The van der Waals surface area contributed by atoms with Crippen LogP contribution in [-0.2, 0) is 0 Å². The van der Waals surface area contributed by atoms with Gasteiger partial charge in [0.05, 0.1) is 40.0 Å². The van der Waals surface area contributed by atoms with Crippen molar-refractivity contribution in [3.63, 3.8) is 0 Å². The summed E-state index contributed by atoms with van der Waals surface area (Å²) < 4.78 is 7.00. The lowest BCUT2D eigenvalue weighted by Crippen LogP contribution is -2.04. The van der Waals surface area contributed by atoms with Crippen molar-refractivity contribution in [1.29, 1.82) is 0 Å². The molecule has 190 valence electrons. The van der Waals surface area contributed by atoms with Gasteiger partial charge < -0.3 is 9.13 Å². The highest BCUT2D eigenvalue weighted by Crippen LogP contribution is 2.49. The van der Waals surface area contributed by atoms with Gasteiger partial charge >= 0.3 is 0 Å². The Morgan fingerprint density at radius 3 is 1.44 bits per heavy atom. The molecule has 0 saturated carbocycles. The molecular weight excluding hydrogens is 518 g/mol. The van der Waals surface area contributed by atoms with Crippen LogP contribution in [0, 0.1) is 6.57 Å². The monoisotopic (exact) mass is 539 g/mol. The first kappa shape index (κ1) is 22.4. The van der Waals surface area contributed by atoms with Crippen molar-refractivity contribution in [2.24, 2.45) is 0 Å². The zero-order chi connectivity index (χ0) is 27.1. The third-order valence-corrected chi connectivity index (χ3v) is 9.45. The molecule has 0 aliphatic rings. The molecule has 0 N–H and O–H groups in total. The van der Waals surface area contributed by atoms with Gasteiger partial charge in [0.1, 0.15) is 0 Å². The molecule has 0 saturated heterocycles. The number of nitrogens with zero attached hydrogens (tertiary/aromatic N) is 3. The van der Waals surface area contributed by atoms with Gasteiger partial charge in [0.15, 0.2) is 0 Å². The molecule has 0 aliphatic carbocycles. The first-order valence-electron chi connectivity index (χ1n) is 13.7. The van der Waals surface area contributed by atoms with Gasteiger partial charge in [-0.2, -0.15) is 0 Å². The van der Waals surface area contributed by atoms with Crippen LogP contribution in [-0.4, -0.2) is 9.13 Å². The van der Waals surface area contributed by atoms with Crippen molar-refractivity contribution < 1.29 is 0 Å². The smallest absolute Gasteiger partial charge is 0.221 e. The molecule has 41 heavy (non-hydrogen) atoms. The average molecular weight is 540 g/mol. The number of benzene rings is 6. The molecule has 0 radical (unpaired) electrons. The first-order valence-corrected chi connectivity index (χ1v) is 14.5. The van der Waals surface area contributed by atoms with E-state index >= 15 is 0 Å². The van der Waals surface area contributed by atoms with Crippen molar-refractivity contribution in [2.45, 2.75) is 0 Å². The summed E-state index contributed by atoms with van der Waals surface area (Å²) in [5.74, 6) is 0. The number of fused-ring (bicyclic) bond motifs is 9. The van der Waals surface area contributed by atoms with Crippen LogP contribution in [0.4, 0.5) is 5.69 Å². The van der Waals surface area contributed by atoms with E-state index in [0.717, 1.165) is 48.9 Å². The van der Waals surface area contributed by atoms with E-state index in [1.54, 1.807) is 11.3 Å². The number of hydrogen-bond acceptors (Lipinski definition) is 1. The van der Waals surface area contributed by atoms with Gasteiger partial charge in [0, 0.05) is 36.3 Å². The third kappa shape index (κ3) is 2.96. The highest BCUT2D eigenvalue weighted by atomic mass is 32.1. The SMILES string of the molecule is [C-]#[N+]c1c(-n2c3ccccc3c3ccccc32)c(-n2c3ccccc3c3ccccc32)cc2sc3ccccc3c12. The van der Waals surface area contributed by atoms with E-state index in [1.807, 2.05) is 0 Å². The van der Waals surface area contributed by atoms with Crippen LogP contribution in [0.15, 0.2) is 127 Å². The largest absolute Gasteiger partial charge is 0.317 e. The molecule has 3 nitrogen and oxygen atoms in total. The van der Waals surface area contributed by atoms with Gasteiger partial charge in [-0.05, 0) is 41.8 Å². The number of aromatic nitrogens is 2. The van der Waals surface area contributed by atoms with Crippen molar-refractivity contribution in [3.05, 3.63) is 139 Å². The Labute approximate surface area is 239 Å². The van der Waals surface area contributed by atoms with Crippen LogP contribution in [0.1, 0.15) is 0 Å². The lowest BCUT2D eigenvalue weighted by molar-refractivity contribution is 1.11. The first-order chi connectivity index (χ1) is 20.3. The second kappa shape index (κ2) is 8.32. The highest BCUT2D eigenvalue weighted by molar-refractivity contribution is 7.26. The molecule has 0 amide bonds. The summed E-state index contributed by atoms with van der Waals surface area (Å²) in [6.07, 6.45) is 0. The molecule has 0 unspecified atom stereocenters. The number of rotatable bonds is 2. The number of thiophene rings is 1. The van der Waals surface area contributed by atoms with E-state index in [9.17, 15) is 0 Å². The maximum atomic E-state index is 8.65. The van der Waals surface area contributed by atoms with Gasteiger partial charge in [0.2, 0.25) is 5.69 Å². The third-order valence-electron chi connectivity index (χ3n) is 8.33. The summed E-state index contributed by atoms with van der Waals surface area (Å²) in [5, 5.41) is 6.94. The van der Waals surface area contributed by atoms with E-state index < -0.39 is 0 Å². The zero-order valence-corrected chi connectivity index (χ0v) is 22.7. The average Bonchev–Trinajstić information content (AvgIpc) is 3.68. The molecule has 3 heterocycles. The predicted octanol–water partition coefficient (Wildman–Crippen LogP) is 10.8. The Kier molecular flexibility index (Phi) is 4.55. The van der Waals surface area contributed by atoms with Gasteiger partial charge in [-0.15, -0.1) is 11.3 Å². The second-order valence-electron chi connectivity index (χ2n) is 10.4. The lowest BCUT2D eigenvalue weighted by Gasteiger charge is -2.19. The topological polar surface area (TPSA) is 14.2 Å². The Bertz CT molecular complexity index is 2450. The van der Waals surface area contributed by atoms with Crippen LogP contribution >= 0.6 is 11.3 Å². The van der Waals surface area contributed by atoms with Crippen molar-refractivity contribution >= 4 is 80.8 Å². The Morgan fingerprint density at radius 2 is 0.927 bits per heavy atom. The minimum Gasteiger partial charge on any atom is -0.317 e. The summed E-state index contributed by atoms with van der Waals surface area (Å²) in [4.78, 5) is 4.34. The van der Waals surface area contributed by atoms with Crippen LogP contribution in [0.25, 0.3) is 80.0 Å². The van der Waals surface area contributed by atoms with Crippen molar-refractivity contribution in [1.82, 2.24) is 9.13 Å². The Hall–Kier alpha value is -5.37. The molecule has 0 aliphatic heterocycles. The van der Waals surface area contributed by atoms with Gasteiger partial charge in [-0.1, -0.05) is 91.0 Å². The Morgan fingerprint density at radius 1 is 0.488 bits per heavy atom. The standard InChI is InChI=1S/C37H21N3S/c1-38-36-35-27-16-6-11-21-33(27)41-34(35)22-32(39-28-17-7-2-12-23(28)24-13-3-8-18-29(24)39)37(36)40-30-19-9-4-14-25(30)26-15-5-10-20-31(26)40/h2-22H. The molecule has 9 rings (SSSR count). The van der Waals surface area contributed by atoms with E-state index in [0.29, 0.717) is 5.69 Å². The minimum atomic E-state index is 0.684. The lowest BCUT2D eigenvalue weighted by atomic mass is 10.1. The molecule has 0 bridgehead atoms. The summed E-state index contributed by atoms with van der Waals surface area (Å²) in [6.45, 7) is 8.65. The fourth-order valence-electron chi connectivity index (χ4n) is 6.69. The van der Waals surface area contributed by atoms with E-state index in [4.69, 9.17) is 6.57 Å². The zero-order valence-electron chi connectivity index (χ0n) is 21.9. The molecule has 0 spiro atoms. The maximum absolute atomic E-state index is 8.65. The van der Waals surface area contributed by atoms with Crippen molar-refractivity contribution in [3.8, 4) is 11.4 Å². The number of hydrogen-bond donors (Lipinski definition) is 0. The van der Waals surface area contributed by atoms with Crippen LogP contribution in [0.3, 0.4) is 0 Å². The van der Waals surface area contributed by atoms with E-state index in [1.165, 1.54) is 26.2 Å². The molecule has 4 heteroatoms. The van der Waals surface area contributed by atoms with Gasteiger partial charge in [-0.25, -0.2) is 4.85 Å². The molecular formula is C37H21N3S. The molecule has 6 aromatic carbocycles. The molecule has 9 aromatic rings. The van der Waals surface area contributed by atoms with Crippen LogP contribution in [0.2, 0.25) is 0 Å². The fourth-order valence-corrected chi connectivity index (χ4v) is 7.83. The molecule has 0 fully saturated rings. The highest BCUT2D eigenvalue weighted by Gasteiger charge is 2.25. The minimum absolute atomic E-state index is 0.684. The molecule has 0 atom stereocenters. The Balaban J connectivity index is 1.58. The van der Waals surface area contributed by atoms with Gasteiger partial charge in [0.25, 0.3) is 0 Å². The normalized spacial score (nSPS) is 11.9. The second-order valence-corrected chi connectivity index (χ2v) is 11.5. The van der Waals surface area contributed by atoms with Crippen LogP contribution < -0.4 is 0 Å². The summed E-state index contributed by atoms with van der Waals surface area (Å²) in [7, 11) is 0. The van der Waals surface area contributed by atoms with Gasteiger partial charge in [-0.3, -0.25) is 0 Å². The summed E-state index contributed by atoms with van der Waals surface area (Å²) >= 11 is 1.76. The summed E-state index contributed by atoms with van der Waals surface area (Å²) in [6, 6.07) is 45.1. The molecule has 3 aromatic heterocycles. The van der Waals surface area contributed by atoms with Crippen molar-refractivity contribution in [2.75, 3.05) is 0 Å². The van der Waals surface area contributed by atoms with E-state index in [2.05, 4.69) is 141 Å². The van der Waals surface area contributed by atoms with E-state index in [-0.39, 0.29) is 0 Å². The number of para-hydroxylation sites is 4. The predicted molar refractivity (Wildman–Crippen MR) is 174 cm³/mol. The maximum Gasteiger partial charge on any atom is 0.221 e. The fraction of sp³-hybridized carbons (Fsp3) is 0. The summed E-state index contributed by atoms with van der Waals surface area (Å²) in [5.41, 5.74) is 7.07. The quantitative estimate of drug-likeness (QED) is 0.194.